The Hall–Kier alpha value is -1.31. The van der Waals surface area contributed by atoms with E-state index in [9.17, 15) is 4.79 Å². The van der Waals surface area contributed by atoms with Gasteiger partial charge in [0.1, 0.15) is 0 Å². The number of hydrogen-bond donors (Lipinski definition) is 0. The van der Waals surface area contributed by atoms with E-state index in [2.05, 4.69) is 26.0 Å². The van der Waals surface area contributed by atoms with Crippen molar-refractivity contribution < 1.29 is 4.79 Å². The van der Waals surface area contributed by atoms with Crippen LogP contribution in [0.3, 0.4) is 0 Å². The summed E-state index contributed by atoms with van der Waals surface area (Å²) in [5, 5.41) is 0. The Bertz CT molecular complexity index is 330. The molecule has 15 heavy (non-hydrogen) atoms. The molecular formula is C13H19NO. The summed E-state index contributed by atoms with van der Waals surface area (Å²) in [6, 6.07) is 10.2. The molecule has 0 aliphatic carbocycles. The van der Waals surface area contributed by atoms with Gasteiger partial charge < -0.3 is 4.90 Å². The first-order valence-corrected chi connectivity index (χ1v) is 5.22. The van der Waals surface area contributed by atoms with Crippen molar-refractivity contribution >= 4 is 5.91 Å². The summed E-state index contributed by atoms with van der Waals surface area (Å²) >= 11 is 0. The minimum atomic E-state index is -0.132. The first kappa shape index (κ1) is 11.8. The van der Waals surface area contributed by atoms with Crippen LogP contribution in [0.4, 0.5) is 0 Å². The van der Waals surface area contributed by atoms with Gasteiger partial charge in [0.15, 0.2) is 0 Å². The van der Waals surface area contributed by atoms with Crippen LogP contribution in [0.1, 0.15) is 26.3 Å². The standard InChI is InChI=1S/C13H19NO/c1-11(15)14(4)13(2,3)10-12-8-6-5-7-9-12/h5-9H,10H2,1-4H3. The van der Waals surface area contributed by atoms with Crippen LogP contribution >= 0.6 is 0 Å². The van der Waals surface area contributed by atoms with Gasteiger partial charge in [0.25, 0.3) is 0 Å². The Morgan fingerprint density at radius 3 is 2.27 bits per heavy atom. The molecule has 0 aromatic heterocycles. The van der Waals surface area contributed by atoms with E-state index in [4.69, 9.17) is 0 Å². The number of benzene rings is 1. The van der Waals surface area contributed by atoms with Gasteiger partial charge in [-0.15, -0.1) is 0 Å². The van der Waals surface area contributed by atoms with E-state index >= 15 is 0 Å². The van der Waals surface area contributed by atoms with E-state index in [-0.39, 0.29) is 11.4 Å². The number of hydrogen-bond acceptors (Lipinski definition) is 1. The summed E-state index contributed by atoms with van der Waals surface area (Å²) in [5.41, 5.74) is 1.13. The summed E-state index contributed by atoms with van der Waals surface area (Å²) in [7, 11) is 1.85. The topological polar surface area (TPSA) is 20.3 Å². The average molecular weight is 205 g/mol. The molecule has 0 unspecified atom stereocenters. The van der Waals surface area contributed by atoms with Crippen LogP contribution in [0, 0.1) is 0 Å². The maximum Gasteiger partial charge on any atom is 0.219 e. The average Bonchev–Trinajstić information content (AvgIpc) is 2.17. The Kier molecular flexibility index (Phi) is 3.51. The second-order valence-electron chi connectivity index (χ2n) is 4.55. The minimum Gasteiger partial charge on any atom is -0.341 e. The third kappa shape index (κ3) is 3.08. The number of carbonyl (C=O) groups is 1. The van der Waals surface area contributed by atoms with E-state index in [1.807, 2.05) is 25.2 Å². The summed E-state index contributed by atoms with van der Waals surface area (Å²) < 4.78 is 0. The lowest BCUT2D eigenvalue weighted by Gasteiger charge is -2.35. The number of rotatable bonds is 3. The third-order valence-corrected chi connectivity index (χ3v) is 2.86. The molecular weight excluding hydrogens is 186 g/mol. The zero-order chi connectivity index (χ0) is 11.5. The number of carbonyl (C=O) groups excluding carboxylic acids is 1. The van der Waals surface area contributed by atoms with Crippen LogP contribution in [0.25, 0.3) is 0 Å². The van der Waals surface area contributed by atoms with Crippen molar-refractivity contribution in [3.05, 3.63) is 35.9 Å². The van der Waals surface area contributed by atoms with E-state index < -0.39 is 0 Å². The zero-order valence-corrected chi connectivity index (χ0v) is 9.95. The fourth-order valence-electron chi connectivity index (χ4n) is 1.64. The van der Waals surface area contributed by atoms with E-state index in [1.165, 1.54) is 5.56 Å². The predicted molar refractivity (Wildman–Crippen MR) is 62.7 cm³/mol. The fourth-order valence-corrected chi connectivity index (χ4v) is 1.64. The summed E-state index contributed by atoms with van der Waals surface area (Å²) in [5.74, 6) is 0.107. The van der Waals surface area contributed by atoms with Crippen LogP contribution in [-0.2, 0) is 11.2 Å². The maximum absolute atomic E-state index is 11.3. The van der Waals surface area contributed by atoms with Gasteiger partial charge in [-0.25, -0.2) is 0 Å². The van der Waals surface area contributed by atoms with Crippen molar-refractivity contribution in [2.24, 2.45) is 0 Å². The molecule has 0 saturated carbocycles. The molecule has 1 aromatic carbocycles. The Labute approximate surface area is 91.9 Å². The molecule has 0 spiro atoms. The lowest BCUT2D eigenvalue weighted by Crippen LogP contribution is -2.45. The Balaban J connectivity index is 2.76. The molecule has 1 rings (SSSR count). The monoisotopic (exact) mass is 205 g/mol. The second kappa shape index (κ2) is 4.47. The summed E-state index contributed by atoms with van der Waals surface area (Å²) in [6.07, 6.45) is 0.879. The highest BCUT2D eigenvalue weighted by atomic mass is 16.2. The first-order chi connectivity index (χ1) is 6.93. The molecule has 0 saturated heterocycles. The lowest BCUT2D eigenvalue weighted by molar-refractivity contribution is -0.132. The van der Waals surface area contributed by atoms with Gasteiger partial charge in [0, 0.05) is 19.5 Å². The molecule has 0 atom stereocenters. The summed E-state index contributed by atoms with van der Waals surface area (Å²) in [6.45, 7) is 5.77. The molecule has 2 heteroatoms. The third-order valence-electron chi connectivity index (χ3n) is 2.86. The SMILES string of the molecule is CC(=O)N(C)C(C)(C)Cc1ccccc1. The quantitative estimate of drug-likeness (QED) is 0.742. The van der Waals surface area contributed by atoms with Crippen molar-refractivity contribution in [1.82, 2.24) is 4.90 Å². The van der Waals surface area contributed by atoms with Crippen molar-refractivity contribution in [1.29, 1.82) is 0 Å². The van der Waals surface area contributed by atoms with Crippen LogP contribution < -0.4 is 0 Å². The van der Waals surface area contributed by atoms with Gasteiger partial charge >= 0.3 is 0 Å². The highest BCUT2D eigenvalue weighted by Gasteiger charge is 2.25. The van der Waals surface area contributed by atoms with Gasteiger partial charge in [0.05, 0.1) is 0 Å². The molecule has 0 heterocycles. The second-order valence-corrected chi connectivity index (χ2v) is 4.55. The zero-order valence-electron chi connectivity index (χ0n) is 9.95. The van der Waals surface area contributed by atoms with Gasteiger partial charge in [-0.05, 0) is 25.8 Å². The highest BCUT2D eigenvalue weighted by Crippen LogP contribution is 2.18. The van der Waals surface area contributed by atoms with Gasteiger partial charge in [-0.3, -0.25) is 4.79 Å². The Morgan fingerprint density at radius 1 is 1.27 bits per heavy atom. The van der Waals surface area contributed by atoms with Crippen LogP contribution in [-0.4, -0.2) is 23.4 Å². The number of nitrogens with zero attached hydrogens (tertiary/aromatic N) is 1. The minimum absolute atomic E-state index is 0.107. The van der Waals surface area contributed by atoms with Crippen molar-refractivity contribution in [3.63, 3.8) is 0 Å². The largest absolute Gasteiger partial charge is 0.341 e. The molecule has 0 fully saturated rings. The van der Waals surface area contributed by atoms with Gasteiger partial charge in [-0.2, -0.15) is 0 Å². The summed E-state index contributed by atoms with van der Waals surface area (Å²) in [4.78, 5) is 13.1. The van der Waals surface area contributed by atoms with Gasteiger partial charge in [0.2, 0.25) is 5.91 Å². The van der Waals surface area contributed by atoms with Gasteiger partial charge in [-0.1, -0.05) is 30.3 Å². The highest BCUT2D eigenvalue weighted by molar-refractivity contribution is 5.73. The molecule has 0 N–H and O–H groups in total. The lowest BCUT2D eigenvalue weighted by atomic mass is 9.93. The molecule has 0 bridgehead atoms. The normalized spacial score (nSPS) is 11.2. The fraction of sp³-hybridized carbons (Fsp3) is 0.462. The van der Waals surface area contributed by atoms with E-state index in [0.29, 0.717) is 0 Å². The van der Waals surface area contributed by atoms with Crippen LogP contribution in [0.5, 0.6) is 0 Å². The molecule has 0 aliphatic heterocycles. The molecule has 1 amide bonds. The van der Waals surface area contributed by atoms with Crippen molar-refractivity contribution in [2.75, 3.05) is 7.05 Å². The smallest absolute Gasteiger partial charge is 0.219 e. The Morgan fingerprint density at radius 2 is 1.80 bits per heavy atom. The van der Waals surface area contributed by atoms with Crippen molar-refractivity contribution in [3.8, 4) is 0 Å². The molecule has 82 valence electrons. The molecule has 2 nitrogen and oxygen atoms in total. The molecule has 1 aromatic rings. The predicted octanol–water partition coefficient (Wildman–Crippen LogP) is 2.49. The van der Waals surface area contributed by atoms with E-state index in [0.717, 1.165) is 6.42 Å². The molecule has 0 aliphatic rings. The molecule has 0 radical (unpaired) electrons. The number of likely N-dealkylation sites (N-methyl/N-ethyl adjacent to an activating group) is 1. The maximum atomic E-state index is 11.3. The van der Waals surface area contributed by atoms with E-state index in [1.54, 1.807) is 11.8 Å². The first-order valence-electron chi connectivity index (χ1n) is 5.22. The van der Waals surface area contributed by atoms with Crippen LogP contribution in [0.15, 0.2) is 30.3 Å². The van der Waals surface area contributed by atoms with Crippen LogP contribution in [0.2, 0.25) is 0 Å². The van der Waals surface area contributed by atoms with Crippen molar-refractivity contribution in [2.45, 2.75) is 32.7 Å². The number of amides is 1.